The summed E-state index contributed by atoms with van der Waals surface area (Å²) in [6.45, 7) is 2.00. The van der Waals surface area contributed by atoms with E-state index in [4.69, 9.17) is 5.10 Å². The summed E-state index contributed by atoms with van der Waals surface area (Å²) in [4.78, 5) is 2.48. The van der Waals surface area contributed by atoms with Crippen molar-refractivity contribution in [1.82, 2.24) is 34.5 Å². The van der Waals surface area contributed by atoms with Crippen LogP contribution >= 0.6 is 0 Å². The number of fused-ring (bicyclic) bond motifs is 1. The lowest BCUT2D eigenvalue weighted by Crippen LogP contribution is -2.48. The van der Waals surface area contributed by atoms with E-state index in [2.05, 4.69) is 20.2 Å². The van der Waals surface area contributed by atoms with Gasteiger partial charge >= 0.3 is 0 Å². The second-order valence-corrected chi connectivity index (χ2v) is 7.70. The number of piperidine rings is 1. The Kier molecular flexibility index (Phi) is 4.37. The van der Waals surface area contributed by atoms with E-state index < -0.39 is 0 Å². The molecule has 8 heteroatoms. The number of aromatic nitrogens is 6. The van der Waals surface area contributed by atoms with Crippen molar-refractivity contribution in [2.24, 2.45) is 0 Å². The normalized spacial score (nSPS) is 25.2. The van der Waals surface area contributed by atoms with Gasteiger partial charge in [0, 0.05) is 24.4 Å². The summed E-state index contributed by atoms with van der Waals surface area (Å²) >= 11 is 0. The largest absolute Gasteiger partial charge is 0.391 e. The molecule has 0 aromatic carbocycles. The van der Waals surface area contributed by atoms with Crippen molar-refractivity contribution in [3.05, 3.63) is 36.4 Å². The van der Waals surface area contributed by atoms with Gasteiger partial charge in [0.1, 0.15) is 0 Å². The molecule has 0 amide bonds. The van der Waals surface area contributed by atoms with E-state index >= 15 is 0 Å². The van der Waals surface area contributed by atoms with Crippen LogP contribution in [0.5, 0.6) is 0 Å². The molecule has 2 fully saturated rings. The van der Waals surface area contributed by atoms with Crippen LogP contribution in [0.4, 0.5) is 0 Å². The molecule has 2 atom stereocenters. The average Bonchev–Trinajstić information content (AvgIpc) is 3.38. The van der Waals surface area contributed by atoms with E-state index in [0.29, 0.717) is 12.0 Å². The van der Waals surface area contributed by atoms with Gasteiger partial charge in [0.05, 0.1) is 6.10 Å². The summed E-state index contributed by atoms with van der Waals surface area (Å²) < 4.78 is 3.61. The van der Waals surface area contributed by atoms with E-state index in [-0.39, 0.29) is 6.10 Å². The lowest BCUT2D eigenvalue weighted by Gasteiger charge is -2.41. The van der Waals surface area contributed by atoms with Crippen molar-refractivity contribution in [3.63, 3.8) is 0 Å². The molecule has 2 aliphatic rings. The topological polar surface area (TPSA) is 84.4 Å². The number of aliphatic hydroxyl groups excluding tert-OH is 1. The zero-order valence-corrected chi connectivity index (χ0v) is 15.4. The van der Waals surface area contributed by atoms with Gasteiger partial charge in [-0.2, -0.15) is 9.61 Å². The maximum Gasteiger partial charge on any atom is 0.178 e. The summed E-state index contributed by atoms with van der Waals surface area (Å²) in [6.07, 6.45) is 9.97. The Hall–Kier alpha value is -2.32. The fourth-order valence-electron chi connectivity index (χ4n) is 4.58. The molecule has 27 heavy (non-hydrogen) atoms. The van der Waals surface area contributed by atoms with Crippen LogP contribution in [0, 0.1) is 0 Å². The number of hydrogen-bond donors (Lipinski definition) is 1. The third-order valence-corrected chi connectivity index (χ3v) is 6.07. The monoisotopic (exact) mass is 367 g/mol. The van der Waals surface area contributed by atoms with E-state index in [0.717, 1.165) is 62.5 Å². The molecule has 1 aliphatic carbocycles. The summed E-state index contributed by atoms with van der Waals surface area (Å²) in [7, 11) is 0. The van der Waals surface area contributed by atoms with E-state index in [1.54, 1.807) is 10.9 Å². The first-order valence-electron chi connectivity index (χ1n) is 9.94. The lowest BCUT2D eigenvalue weighted by molar-refractivity contribution is 0.00825. The molecule has 1 N–H and O–H groups in total. The predicted octanol–water partition coefficient (Wildman–Crippen LogP) is 1.79. The molecule has 4 heterocycles. The maximum atomic E-state index is 10.3. The molecule has 5 rings (SSSR count). The summed E-state index contributed by atoms with van der Waals surface area (Å²) in [5.41, 5.74) is 0.769. The molecular formula is C19H25N7O. The SMILES string of the molecule is OC1CCCCC1N1CCC(c2nnc3ccc(-n4cccn4)nn23)CC1. The number of rotatable bonds is 3. The zero-order valence-electron chi connectivity index (χ0n) is 15.4. The maximum absolute atomic E-state index is 10.3. The molecule has 1 aliphatic heterocycles. The molecule has 142 valence electrons. The van der Waals surface area contributed by atoms with Crippen molar-refractivity contribution >= 4 is 5.65 Å². The van der Waals surface area contributed by atoms with Crippen LogP contribution in [0.25, 0.3) is 11.5 Å². The summed E-state index contributed by atoms with van der Waals surface area (Å²) in [6, 6.07) is 6.07. The van der Waals surface area contributed by atoms with Crippen LogP contribution < -0.4 is 0 Å². The highest BCUT2D eigenvalue weighted by molar-refractivity contribution is 5.39. The Balaban J connectivity index is 1.35. The third kappa shape index (κ3) is 3.12. The molecule has 2 unspecified atom stereocenters. The molecule has 8 nitrogen and oxygen atoms in total. The van der Waals surface area contributed by atoms with Gasteiger partial charge in [-0.3, -0.25) is 4.90 Å². The van der Waals surface area contributed by atoms with E-state index in [1.807, 2.05) is 28.9 Å². The predicted molar refractivity (Wildman–Crippen MR) is 99.7 cm³/mol. The lowest BCUT2D eigenvalue weighted by atomic mass is 9.88. The fraction of sp³-hybridized carbons (Fsp3) is 0.579. The van der Waals surface area contributed by atoms with Crippen LogP contribution in [-0.4, -0.2) is 64.8 Å². The fourth-order valence-corrected chi connectivity index (χ4v) is 4.58. The molecule has 1 saturated heterocycles. The van der Waals surface area contributed by atoms with E-state index in [1.165, 1.54) is 6.42 Å². The second kappa shape index (κ2) is 7.01. The number of nitrogens with zero attached hydrogens (tertiary/aromatic N) is 7. The van der Waals surface area contributed by atoms with Crippen LogP contribution in [0.15, 0.2) is 30.6 Å². The van der Waals surface area contributed by atoms with Crippen LogP contribution in [0.2, 0.25) is 0 Å². The minimum atomic E-state index is -0.164. The zero-order chi connectivity index (χ0) is 18.2. The summed E-state index contributed by atoms with van der Waals surface area (Å²) in [5, 5.41) is 28.1. The summed E-state index contributed by atoms with van der Waals surface area (Å²) in [5.74, 6) is 2.04. The Morgan fingerprint density at radius 1 is 1.00 bits per heavy atom. The molecule has 3 aromatic heterocycles. The third-order valence-electron chi connectivity index (χ3n) is 6.07. The van der Waals surface area contributed by atoms with Crippen LogP contribution in [0.3, 0.4) is 0 Å². The van der Waals surface area contributed by atoms with Gasteiger partial charge in [-0.15, -0.1) is 15.3 Å². The van der Waals surface area contributed by atoms with Gasteiger partial charge in [-0.25, -0.2) is 4.68 Å². The van der Waals surface area contributed by atoms with Crippen molar-refractivity contribution in [2.45, 2.75) is 56.6 Å². The molecule has 0 bridgehead atoms. The average molecular weight is 367 g/mol. The van der Waals surface area contributed by atoms with Gasteiger partial charge < -0.3 is 5.11 Å². The molecule has 0 radical (unpaired) electrons. The van der Waals surface area contributed by atoms with Crippen molar-refractivity contribution < 1.29 is 5.11 Å². The molecule has 1 saturated carbocycles. The Labute approximate surface area is 157 Å². The smallest absolute Gasteiger partial charge is 0.178 e. The van der Waals surface area contributed by atoms with Crippen LogP contribution in [-0.2, 0) is 0 Å². The minimum Gasteiger partial charge on any atom is -0.391 e. The van der Waals surface area contributed by atoms with Gasteiger partial charge in [-0.05, 0) is 57.0 Å². The molecule has 3 aromatic rings. The first kappa shape index (κ1) is 16.8. The highest BCUT2D eigenvalue weighted by atomic mass is 16.3. The number of aliphatic hydroxyl groups is 1. The molecule has 0 spiro atoms. The van der Waals surface area contributed by atoms with Gasteiger partial charge in [0.15, 0.2) is 17.3 Å². The van der Waals surface area contributed by atoms with Gasteiger partial charge in [0.25, 0.3) is 0 Å². The minimum absolute atomic E-state index is 0.164. The second-order valence-electron chi connectivity index (χ2n) is 7.70. The van der Waals surface area contributed by atoms with Crippen LogP contribution in [0.1, 0.15) is 50.3 Å². The first-order chi connectivity index (χ1) is 13.3. The highest BCUT2D eigenvalue weighted by Crippen LogP contribution is 2.31. The Morgan fingerprint density at radius 2 is 1.85 bits per heavy atom. The highest BCUT2D eigenvalue weighted by Gasteiger charge is 2.33. The Bertz CT molecular complexity index is 898. The van der Waals surface area contributed by atoms with E-state index in [9.17, 15) is 5.11 Å². The standard InChI is InChI=1S/C19H25N7O/c27-16-5-2-1-4-15(16)24-12-8-14(9-13-24)19-22-21-17-6-7-18(23-26(17)19)25-11-3-10-20-25/h3,6-7,10-11,14-16,27H,1-2,4-5,8-9,12-13H2. The van der Waals surface area contributed by atoms with Crippen molar-refractivity contribution in [1.29, 1.82) is 0 Å². The van der Waals surface area contributed by atoms with Crippen molar-refractivity contribution in [2.75, 3.05) is 13.1 Å². The quantitative estimate of drug-likeness (QED) is 0.760. The van der Waals surface area contributed by atoms with Crippen molar-refractivity contribution in [3.8, 4) is 5.82 Å². The number of likely N-dealkylation sites (tertiary alicyclic amines) is 1. The van der Waals surface area contributed by atoms with Gasteiger partial charge in [-0.1, -0.05) is 12.8 Å². The number of hydrogen-bond acceptors (Lipinski definition) is 6. The Morgan fingerprint density at radius 3 is 2.63 bits per heavy atom. The van der Waals surface area contributed by atoms with Gasteiger partial charge in [0.2, 0.25) is 0 Å². The first-order valence-corrected chi connectivity index (χ1v) is 9.94. The molecular weight excluding hydrogens is 342 g/mol.